The zero-order chi connectivity index (χ0) is 18.2. The number of nitrogens with zero attached hydrogens (tertiary/aromatic N) is 1. The average Bonchev–Trinajstić information content (AvgIpc) is 2.68. The van der Waals surface area contributed by atoms with Crippen LogP contribution in [-0.4, -0.2) is 25.2 Å². The number of hydrogen-bond acceptors (Lipinski definition) is 3. The molecule has 0 spiro atoms. The Morgan fingerprint density at radius 3 is 2.50 bits per heavy atom. The Balaban J connectivity index is 1.48. The number of nitrogens with one attached hydrogen (secondary N) is 2. The van der Waals surface area contributed by atoms with E-state index in [9.17, 15) is 4.79 Å². The largest absolute Gasteiger partial charge is 0.308 e. The monoisotopic (exact) mass is 365 g/mol. The van der Waals surface area contributed by atoms with Crippen LogP contribution >= 0.6 is 11.6 Å². The van der Waals surface area contributed by atoms with E-state index in [1.54, 1.807) is 6.21 Å². The molecule has 0 aliphatic heterocycles. The van der Waals surface area contributed by atoms with Crippen molar-refractivity contribution in [2.24, 2.45) is 5.10 Å². The molecular weight excluding hydrogens is 346 g/mol. The number of halogens is 1. The van der Waals surface area contributed by atoms with Crippen LogP contribution in [0.3, 0.4) is 0 Å². The van der Waals surface area contributed by atoms with Crippen molar-refractivity contribution < 1.29 is 4.79 Å². The summed E-state index contributed by atoms with van der Waals surface area (Å²) in [6.07, 6.45) is 2.52. The molecule has 0 heterocycles. The number of rotatable bonds is 7. The molecule has 132 valence electrons. The maximum absolute atomic E-state index is 11.9. The van der Waals surface area contributed by atoms with E-state index >= 15 is 0 Å². The summed E-state index contributed by atoms with van der Waals surface area (Å²) < 4.78 is 0. The number of hydrazone groups is 1. The first kappa shape index (κ1) is 18.1. The van der Waals surface area contributed by atoms with E-state index < -0.39 is 0 Å². The molecule has 0 atom stereocenters. The maximum atomic E-state index is 11.9. The Morgan fingerprint density at radius 2 is 1.69 bits per heavy atom. The van der Waals surface area contributed by atoms with Gasteiger partial charge in [0, 0.05) is 16.0 Å². The van der Waals surface area contributed by atoms with Crippen LogP contribution in [-0.2, 0) is 11.2 Å². The molecular formula is C21H20ClN3O. The zero-order valence-electron chi connectivity index (χ0n) is 14.3. The first-order valence-corrected chi connectivity index (χ1v) is 8.85. The van der Waals surface area contributed by atoms with Crippen molar-refractivity contribution in [2.75, 3.05) is 13.1 Å². The van der Waals surface area contributed by atoms with Crippen molar-refractivity contribution in [1.82, 2.24) is 10.7 Å². The van der Waals surface area contributed by atoms with E-state index in [2.05, 4.69) is 28.0 Å². The molecule has 0 aromatic heterocycles. The molecule has 0 aliphatic carbocycles. The zero-order valence-corrected chi connectivity index (χ0v) is 15.0. The van der Waals surface area contributed by atoms with Crippen LogP contribution in [0.2, 0.25) is 5.02 Å². The fraction of sp³-hybridized carbons (Fsp3) is 0.143. The Labute approximate surface area is 157 Å². The topological polar surface area (TPSA) is 53.5 Å². The van der Waals surface area contributed by atoms with Gasteiger partial charge < -0.3 is 5.32 Å². The van der Waals surface area contributed by atoms with Gasteiger partial charge in [-0.2, -0.15) is 5.10 Å². The number of benzene rings is 3. The third-order valence-electron chi connectivity index (χ3n) is 4.02. The molecule has 0 fully saturated rings. The Hall–Kier alpha value is -2.69. The molecule has 0 saturated heterocycles. The highest BCUT2D eigenvalue weighted by Crippen LogP contribution is 2.25. The molecule has 4 nitrogen and oxygen atoms in total. The van der Waals surface area contributed by atoms with Gasteiger partial charge in [0.1, 0.15) is 0 Å². The maximum Gasteiger partial charge on any atom is 0.254 e. The van der Waals surface area contributed by atoms with Crippen molar-refractivity contribution in [2.45, 2.75) is 6.42 Å². The van der Waals surface area contributed by atoms with Crippen molar-refractivity contribution in [3.8, 4) is 0 Å². The standard InChI is InChI=1S/C21H20ClN3O/c22-20-11-10-17(18-8-4-5-9-19(18)20)14-24-25-21(26)15-23-13-12-16-6-2-1-3-7-16/h1-11,14,23H,12-13,15H2,(H,25,26). The van der Waals surface area contributed by atoms with Gasteiger partial charge in [-0.1, -0.05) is 72.3 Å². The first-order valence-electron chi connectivity index (χ1n) is 8.48. The summed E-state index contributed by atoms with van der Waals surface area (Å²) in [6, 6.07) is 21.7. The number of carbonyl (C=O) groups excluding carboxylic acids is 1. The highest BCUT2D eigenvalue weighted by Gasteiger charge is 2.03. The van der Waals surface area contributed by atoms with Crippen LogP contribution in [0.5, 0.6) is 0 Å². The van der Waals surface area contributed by atoms with E-state index in [1.807, 2.05) is 54.6 Å². The molecule has 1 amide bonds. The molecule has 0 saturated carbocycles. The summed E-state index contributed by atoms with van der Waals surface area (Å²) in [5.74, 6) is -0.174. The van der Waals surface area contributed by atoms with Crippen LogP contribution in [0.15, 0.2) is 71.8 Å². The van der Waals surface area contributed by atoms with Gasteiger partial charge in [0.15, 0.2) is 0 Å². The molecule has 26 heavy (non-hydrogen) atoms. The first-order chi connectivity index (χ1) is 12.7. The van der Waals surface area contributed by atoms with E-state index in [4.69, 9.17) is 11.6 Å². The summed E-state index contributed by atoms with van der Waals surface area (Å²) in [7, 11) is 0. The van der Waals surface area contributed by atoms with Gasteiger partial charge in [-0.25, -0.2) is 5.43 Å². The molecule has 0 aliphatic rings. The molecule has 5 heteroatoms. The fourth-order valence-electron chi connectivity index (χ4n) is 2.69. The van der Waals surface area contributed by atoms with Gasteiger partial charge in [-0.05, 0) is 30.0 Å². The predicted octanol–water partition coefficient (Wildman–Crippen LogP) is 3.78. The smallest absolute Gasteiger partial charge is 0.254 e. The van der Waals surface area contributed by atoms with Crippen molar-refractivity contribution in [3.63, 3.8) is 0 Å². The van der Waals surface area contributed by atoms with Gasteiger partial charge in [0.05, 0.1) is 12.8 Å². The van der Waals surface area contributed by atoms with Gasteiger partial charge >= 0.3 is 0 Å². The minimum atomic E-state index is -0.174. The van der Waals surface area contributed by atoms with Crippen LogP contribution in [0, 0.1) is 0 Å². The fourth-order valence-corrected chi connectivity index (χ4v) is 2.92. The lowest BCUT2D eigenvalue weighted by atomic mass is 10.1. The number of fused-ring (bicyclic) bond motifs is 1. The van der Waals surface area contributed by atoms with Crippen LogP contribution in [0.25, 0.3) is 10.8 Å². The van der Waals surface area contributed by atoms with Gasteiger partial charge in [0.25, 0.3) is 5.91 Å². The lowest BCUT2D eigenvalue weighted by Gasteiger charge is -2.05. The molecule has 3 rings (SSSR count). The minimum absolute atomic E-state index is 0.174. The Bertz CT molecular complexity index is 910. The van der Waals surface area contributed by atoms with Crippen LogP contribution in [0.4, 0.5) is 0 Å². The summed E-state index contributed by atoms with van der Waals surface area (Å²) in [6.45, 7) is 0.967. The quantitative estimate of drug-likeness (QED) is 0.380. The Kier molecular flexibility index (Phi) is 6.36. The lowest BCUT2D eigenvalue weighted by molar-refractivity contribution is -0.120. The van der Waals surface area contributed by atoms with Crippen LogP contribution in [0.1, 0.15) is 11.1 Å². The number of hydrogen-bond donors (Lipinski definition) is 2. The minimum Gasteiger partial charge on any atom is -0.308 e. The third kappa shape index (κ3) is 4.91. The Morgan fingerprint density at radius 1 is 0.962 bits per heavy atom. The van der Waals surface area contributed by atoms with E-state index in [0.717, 1.165) is 29.3 Å². The van der Waals surface area contributed by atoms with Crippen LogP contribution < -0.4 is 10.7 Å². The molecule has 3 aromatic carbocycles. The number of amides is 1. The summed E-state index contributed by atoms with van der Waals surface area (Å²) in [4.78, 5) is 11.9. The average molecular weight is 366 g/mol. The molecule has 3 aromatic rings. The van der Waals surface area contributed by atoms with Gasteiger partial charge in [-0.3, -0.25) is 4.79 Å². The highest BCUT2D eigenvalue weighted by atomic mass is 35.5. The van der Waals surface area contributed by atoms with E-state index in [0.29, 0.717) is 5.02 Å². The second kappa shape index (κ2) is 9.13. The summed E-state index contributed by atoms with van der Waals surface area (Å²) >= 11 is 6.21. The molecule has 0 unspecified atom stereocenters. The molecule has 0 bridgehead atoms. The van der Waals surface area contributed by atoms with E-state index in [-0.39, 0.29) is 12.5 Å². The van der Waals surface area contributed by atoms with E-state index in [1.165, 1.54) is 5.56 Å². The third-order valence-corrected chi connectivity index (χ3v) is 4.35. The molecule has 2 N–H and O–H groups in total. The summed E-state index contributed by atoms with van der Waals surface area (Å²) in [5, 5.41) is 9.83. The molecule has 0 radical (unpaired) electrons. The van der Waals surface area contributed by atoms with Gasteiger partial charge in [-0.15, -0.1) is 0 Å². The predicted molar refractivity (Wildman–Crippen MR) is 108 cm³/mol. The second-order valence-electron chi connectivity index (χ2n) is 5.89. The highest BCUT2D eigenvalue weighted by molar-refractivity contribution is 6.36. The second-order valence-corrected chi connectivity index (χ2v) is 6.29. The van der Waals surface area contributed by atoms with Crippen molar-refractivity contribution >= 4 is 34.5 Å². The lowest BCUT2D eigenvalue weighted by Crippen LogP contribution is -2.32. The van der Waals surface area contributed by atoms with Crippen molar-refractivity contribution in [3.05, 3.63) is 82.9 Å². The SMILES string of the molecule is O=C(CNCCc1ccccc1)NN=Cc1ccc(Cl)c2ccccc12. The summed E-state index contributed by atoms with van der Waals surface area (Å²) in [5.41, 5.74) is 4.69. The normalized spacial score (nSPS) is 11.1. The van der Waals surface area contributed by atoms with Gasteiger partial charge in [0.2, 0.25) is 0 Å². The number of carbonyl (C=O) groups is 1. The van der Waals surface area contributed by atoms with Crippen molar-refractivity contribution in [1.29, 1.82) is 0 Å².